The third kappa shape index (κ3) is 4.45. The second kappa shape index (κ2) is 7.94. The van der Waals surface area contributed by atoms with Gasteiger partial charge in [-0.25, -0.2) is 4.79 Å². The second-order valence-corrected chi connectivity index (χ2v) is 6.39. The van der Waals surface area contributed by atoms with Crippen molar-refractivity contribution in [1.82, 2.24) is 10.2 Å². The van der Waals surface area contributed by atoms with Crippen molar-refractivity contribution in [2.24, 2.45) is 0 Å². The van der Waals surface area contributed by atoms with Gasteiger partial charge in [0.15, 0.2) is 0 Å². The van der Waals surface area contributed by atoms with Gasteiger partial charge in [0.05, 0.1) is 6.54 Å². The van der Waals surface area contributed by atoms with Crippen molar-refractivity contribution in [3.8, 4) is 0 Å². The summed E-state index contributed by atoms with van der Waals surface area (Å²) in [7, 11) is 1.93. The topological polar surface area (TPSA) is 61.4 Å². The summed E-state index contributed by atoms with van der Waals surface area (Å²) in [6, 6.07) is 17.2. The Hall–Kier alpha value is -2.66. The van der Waals surface area contributed by atoms with Gasteiger partial charge in [0.1, 0.15) is 0 Å². The third-order valence-corrected chi connectivity index (χ3v) is 4.55. The van der Waals surface area contributed by atoms with E-state index in [1.807, 2.05) is 36.2 Å². The van der Waals surface area contributed by atoms with Crippen molar-refractivity contribution >= 4 is 17.6 Å². The standard InChI is InChI=1S/C20H23N3O2/c1-23(18-13-7-9-15-8-5-6-12-17(15)18)14-19(24)22-20(25)21-16-10-3-2-4-11-16/h2-6,8,10-12,18H,7,9,13-14H2,1H3,(H2,21,22,24,25)/t18-/m0/s1. The van der Waals surface area contributed by atoms with Crippen molar-refractivity contribution in [3.05, 3.63) is 65.7 Å². The fraction of sp³-hybridized carbons (Fsp3) is 0.300. The van der Waals surface area contributed by atoms with E-state index in [9.17, 15) is 9.59 Å². The highest BCUT2D eigenvalue weighted by molar-refractivity contribution is 6.01. The summed E-state index contributed by atoms with van der Waals surface area (Å²) in [5.41, 5.74) is 3.30. The van der Waals surface area contributed by atoms with Crippen molar-refractivity contribution in [3.63, 3.8) is 0 Å². The average Bonchev–Trinajstić information content (AvgIpc) is 2.61. The minimum Gasteiger partial charge on any atom is -0.308 e. The summed E-state index contributed by atoms with van der Waals surface area (Å²) in [5.74, 6) is -0.306. The predicted octanol–water partition coefficient (Wildman–Crippen LogP) is 3.34. The summed E-state index contributed by atoms with van der Waals surface area (Å²) < 4.78 is 0. The number of carbonyl (C=O) groups excluding carboxylic acids is 2. The molecule has 0 aliphatic heterocycles. The average molecular weight is 337 g/mol. The highest BCUT2D eigenvalue weighted by Gasteiger charge is 2.24. The first kappa shape index (κ1) is 17.2. The van der Waals surface area contributed by atoms with Crippen LogP contribution in [0.4, 0.5) is 10.5 Å². The van der Waals surface area contributed by atoms with E-state index in [1.165, 1.54) is 11.1 Å². The van der Waals surface area contributed by atoms with Gasteiger partial charge in [0.2, 0.25) is 5.91 Å². The lowest BCUT2D eigenvalue weighted by Gasteiger charge is -2.32. The summed E-state index contributed by atoms with van der Waals surface area (Å²) >= 11 is 0. The van der Waals surface area contributed by atoms with Gasteiger partial charge < -0.3 is 5.32 Å². The first-order valence-electron chi connectivity index (χ1n) is 8.57. The Morgan fingerprint density at radius 1 is 1.08 bits per heavy atom. The number of nitrogens with one attached hydrogen (secondary N) is 2. The molecule has 0 aromatic heterocycles. The molecule has 0 fully saturated rings. The maximum atomic E-state index is 12.2. The number of aryl methyl sites for hydroxylation is 1. The summed E-state index contributed by atoms with van der Waals surface area (Å²) in [5, 5.41) is 5.04. The smallest absolute Gasteiger partial charge is 0.308 e. The summed E-state index contributed by atoms with van der Waals surface area (Å²) in [6.07, 6.45) is 3.23. The molecule has 2 aromatic rings. The van der Waals surface area contributed by atoms with E-state index in [1.54, 1.807) is 12.1 Å². The van der Waals surface area contributed by atoms with Crippen LogP contribution in [0.3, 0.4) is 0 Å². The van der Waals surface area contributed by atoms with Gasteiger partial charge in [-0.05, 0) is 49.6 Å². The van der Waals surface area contributed by atoms with Crippen LogP contribution >= 0.6 is 0 Å². The van der Waals surface area contributed by atoms with Gasteiger partial charge in [-0.15, -0.1) is 0 Å². The zero-order valence-electron chi connectivity index (χ0n) is 14.4. The molecule has 5 nitrogen and oxygen atoms in total. The van der Waals surface area contributed by atoms with Crippen molar-refractivity contribution in [1.29, 1.82) is 0 Å². The van der Waals surface area contributed by atoms with E-state index in [2.05, 4.69) is 28.8 Å². The molecule has 1 aliphatic rings. The van der Waals surface area contributed by atoms with Crippen LogP contribution in [-0.2, 0) is 11.2 Å². The predicted molar refractivity (Wildman–Crippen MR) is 98.4 cm³/mol. The van der Waals surface area contributed by atoms with E-state index in [4.69, 9.17) is 0 Å². The fourth-order valence-electron chi connectivity index (χ4n) is 3.37. The minimum absolute atomic E-state index is 0.182. The van der Waals surface area contributed by atoms with E-state index in [0.717, 1.165) is 19.3 Å². The highest BCUT2D eigenvalue weighted by atomic mass is 16.2. The maximum absolute atomic E-state index is 12.2. The molecule has 1 aliphatic carbocycles. The normalized spacial score (nSPS) is 16.2. The van der Waals surface area contributed by atoms with Crippen LogP contribution < -0.4 is 10.6 Å². The Morgan fingerprint density at radius 2 is 1.80 bits per heavy atom. The molecule has 0 heterocycles. The van der Waals surface area contributed by atoms with E-state index in [-0.39, 0.29) is 18.5 Å². The van der Waals surface area contributed by atoms with Gasteiger partial charge in [-0.3, -0.25) is 15.0 Å². The molecule has 3 amide bonds. The molecule has 130 valence electrons. The number of urea groups is 1. The third-order valence-electron chi connectivity index (χ3n) is 4.55. The van der Waals surface area contributed by atoms with Crippen LogP contribution in [0.25, 0.3) is 0 Å². The van der Waals surface area contributed by atoms with E-state index in [0.29, 0.717) is 5.69 Å². The van der Waals surface area contributed by atoms with Gasteiger partial charge in [0, 0.05) is 11.7 Å². The SMILES string of the molecule is CN(CC(=O)NC(=O)Nc1ccccc1)[C@H]1CCCc2ccccc21. The van der Waals surface area contributed by atoms with Crippen LogP contribution in [0.2, 0.25) is 0 Å². The molecule has 0 spiro atoms. The zero-order valence-corrected chi connectivity index (χ0v) is 14.4. The van der Waals surface area contributed by atoms with E-state index < -0.39 is 6.03 Å². The Labute approximate surface area is 148 Å². The number of carbonyl (C=O) groups is 2. The quantitative estimate of drug-likeness (QED) is 0.899. The monoisotopic (exact) mass is 337 g/mol. The number of hydrogen-bond acceptors (Lipinski definition) is 3. The number of anilines is 1. The molecule has 0 saturated heterocycles. The Kier molecular flexibility index (Phi) is 5.46. The molecule has 0 saturated carbocycles. The summed E-state index contributed by atoms with van der Waals surface area (Å²) in [4.78, 5) is 26.1. The Morgan fingerprint density at radius 3 is 2.60 bits per heavy atom. The zero-order chi connectivity index (χ0) is 17.6. The molecular formula is C20H23N3O2. The largest absolute Gasteiger partial charge is 0.325 e. The number of para-hydroxylation sites is 1. The lowest BCUT2D eigenvalue weighted by Crippen LogP contribution is -2.42. The van der Waals surface area contributed by atoms with Crippen molar-refractivity contribution in [2.45, 2.75) is 25.3 Å². The molecule has 2 N–H and O–H groups in total. The Bertz CT molecular complexity index is 746. The van der Waals surface area contributed by atoms with Gasteiger partial charge in [0.25, 0.3) is 0 Å². The molecule has 0 unspecified atom stereocenters. The van der Waals surface area contributed by atoms with Crippen LogP contribution in [0.1, 0.15) is 30.0 Å². The van der Waals surface area contributed by atoms with Crippen molar-refractivity contribution in [2.75, 3.05) is 18.9 Å². The first-order valence-corrected chi connectivity index (χ1v) is 8.57. The van der Waals surface area contributed by atoms with E-state index >= 15 is 0 Å². The number of nitrogens with zero attached hydrogens (tertiary/aromatic N) is 1. The lowest BCUT2D eigenvalue weighted by molar-refractivity contribution is -0.121. The lowest BCUT2D eigenvalue weighted by atomic mass is 9.87. The van der Waals surface area contributed by atoms with Crippen LogP contribution in [0.5, 0.6) is 0 Å². The number of hydrogen-bond donors (Lipinski definition) is 2. The molecule has 1 atom stereocenters. The minimum atomic E-state index is -0.506. The fourth-order valence-corrected chi connectivity index (χ4v) is 3.37. The van der Waals surface area contributed by atoms with Gasteiger partial charge in [-0.2, -0.15) is 0 Å². The highest BCUT2D eigenvalue weighted by Crippen LogP contribution is 2.33. The molecule has 2 aromatic carbocycles. The number of amides is 3. The molecule has 0 bridgehead atoms. The molecule has 3 rings (SSSR count). The molecule has 5 heteroatoms. The molecule has 25 heavy (non-hydrogen) atoms. The van der Waals surface area contributed by atoms with Crippen LogP contribution in [-0.4, -0.2) is 30.4 Å². The number of rotatable bonds is 4. The number of likely N-dealkylation sites (N-methyl/N-ethyl adjacent to an activating group) is 1. The Balaban J connectivity index is 1.55. The van der Waals surface area contributed by atoms with Gasteiger partial charge in [-0.1, -0.05) is 42.5 Å². The first-order chi connectivity index (χ1) is 12.1. The summed E-state index contributed by atoms with van der Waals surface area (Å²) in [6.45, 7) is 0.182. The number of imide groups is 1. The van der Waals surface area contributed by atoms with Gasteiger partial charge >= 0.3 is 6.03 Å². The van der Waals surface area contributed by atoms with Crippen molar-refractivity contribution < 1.29 is 9.59 Å². The van der Waals surface area contributed by atoms with Crippen LogP contribution in [0, 0.1) is 0 Å². The molecule has 0 radical (unpaired) electrons. The maximum Gasteiger partial charge on any atom is 0.325 e. The number of fused-ring (bicyclic) bond motifs is 1. The number of benzene rings is 2. The van der Waals surface area contributed by atoms with Crippen LogP contribution in [0.15, 0.2) is 54.6 Å². The molecular weight excluding hydrogens is 314 g/mol. The second-order valence-electron chi connectivity index (χ2n) is 6.39.